The monoisotopic (exact) mass is 429 g/mol. The van der Waals surface area contributed by atoms with Crippen molar-refractivity contribution >= 4 is 28.3 Å². The van der Waals surface area contributed by atoms with Crippen molar-refractivity contribution in [2.75, 3.05) is 11.9 Å². The van der Waals surface area contributed by atoms with Crippen LogP contribution in [0, 0.1) is 18.7 Å². The van der Waals surface area contributed by atoms with Gasteiger partial charge in [0.1, 0.15) is 10.7 Å². The maximum Gasteiger partial charge on any atom is 0.281 e. The van der Waals surface area contributed by atoms with E-state index in [1.807, 2.05) is 13.8 Å². The Morgan fingerprint density at radius 3 is 2.53 bits per heavy atom. The van der Waals surface area contributed by atoms with Crippen LogP contribution in [0.4, 0.5) is 9.52 Å². The van der Waals surface area contributed by atoms with Gasteiger partial charge < -0.3 is 5.32 Å². The van der Waals surface area contributed by atoms with Crippen LogP contribution >= 0.6 is 11.3 Å². The van der Waals surface area contributed by atoms with E-state index in [-0.39, 0.29) is 16.7 Å². The minimum Gasteiger partial charge on any atom is -0.351 e. The van der Waals surface area contributed by atoms with E-state index >= 15 is 0 Å². The van der Waals surface area contributed by atoms with Crippen LogP contribution in [0.3, 0.4) is 0 Å². The number of rotatable bonds is 6. The van der Waals surface area contributed by atoms with Gasteiger partial charge in [0.2, 0.25) is 5.43 Å². The number of carbonyl (C=O) groups is 2. The summed E-state index contributed by atoms with van der Waals surface area (Å²) in [5, 5.41) is 9.56. The Labute approximate surface area is 175 Å². The number of anilines is 1. The van der Waals surface area contributed by atoms with Gasteiger partial charge in [-0.05, 0) is 37.1 Å². The summed E-state index contributed by atoms with van der Waals surface area (Å²) < 4.78 is 14.4. The molecular weight excluding hydrogens is 409 g/mol. The van der Waals surface area contributed by atoms with Gasteiger partial charge in [-0.2, -0.15) is 5.10 Å². The Balaban J connectivity index is 1.80. The molecule has 156 valence electrons. The van der Waals surface area contributed by atoms with Crippen molar-refractivity contribution in [3.63, 3.8) is 0 Å². The van der Waals surface area contributed by atoms with Crippen molar-refractivity contribution in [3.05, 3.63) is 68.8 Å². The first kappa shape index (κ1) is 21.3. The second-order valence-electron chi connectivity index (χ2n) is 6.94. The highest BCUT2D eigenvalue weighted by Crippen LogP contribution is 2.22. The number of aromatic nitrogens is 3. The molecule has 3 aromatic rings. The van der Waals surface area contributed by atoms with Gasteiger partial charge in [-0.15, -0.1) is 0 Å². The first-order chi connectivity index (χ1) is 14.2. The van der Waals surface area contributed by atoms with E-state index in [9.17, 15) is 18.8 Å². The fraction of sp³-hybridized carbons (Fsp3) is 0.250. The lowest BCUT2D eigenvalue weighted by Crippen LogP contribution is -2.27. The molecule has 2 aromatic heterocycles. The van der Waals surface area contributed by atoms with Crippen LogP contribution in [-0.4, -0.2) is 33.1 Å². The molecule has 2 heterocycles. The predicted molar refractivity (Wildman–Crippen MR) is 112 cm³/mol. The highest BCUT2D eigenvalue weighted by molar-refractivity contribution is 7.17. The fourth-order valence-electron chi connectivity index (χ4n) is 2.50. The molecule has 0 bridgehead atoms. The van der Waals surface area contributed by atoms with Crippen molar-refractivity contribution in [1.82, 2.24) is 20.1 Å². The van der Waals surface area contributed by atoms with Crippen molar-refractivity contribution < 1.29 is 14.0 Å². The molecule has 0 radical (unpaired) electrons. The number of hydrogen-bond donors (Lipinski definition) is 2. The fourth-order valence-corrected chi connectivity index (χ4v) is 3.37. The number of thiazole rings is 1. The van der Waals surface area contributed by atoms with Crippen molar-refractivity contribution in [2.45, 2.75) is 20.8 Å². The molecule has 0 fully saturated rings. The third-order valence-corrected chi connectivity index (χ3v) is 5.08. The van der Waals surface area contributed by atoms with Crippen molar-refractivity contribution in [3.8, 4) is 5.69 Å². The number of nitrogens with zero attached hydrogens (tertiary/aromatic N) is 3. The zero-order valence-corrected chi connectivity index (χ0v) is 17.4. The van der Waals surface area contributed by atoms with Crippen LogP contribution in [0.5, 0.6) is 0 Å². The van der Waals surface area contributed by atoms with Crippen LogP contribution in [0.2, 0.25) is 0 Å². The molecule has 2 amide bonds. The molecule has 3 rings (SSSR count). The summed E-state index contributed by atoms with van der Waals surface area (Å²) in [4.78, 5) is 41.6. The summed E-state index contributed by atoms with van der Waals surface area (Å²) in [6, 6.07) is 6.64. The van der Waals surface area contributed by atoms with Gasteiger partial charge in [-0.1, -0.05) is 25.2 Å². The van der Waals surface area contributed by atoms with E-state index in [1.54, 1.807) is 6.92 Å². The SMILES string of the molecule is Cc1nc(NC(=O)c2nn(-c3ccc(F)cc3)ccc2=O)sc1C(=O)NCC(C)C. The molecular formula is C20H20FN5O3S. The number of carbonyl (C=O) groups excluding carboxylic acids is 2. The summed E-state index contributed by atoms with van der Waals surface area (Å²) in [5.74, 6) is -1.13. The smallest absolute Gasteiger partial charge is 0.281 e. The first-order valence-corrected chi connectivity index (χ1v) is 9.99. The normalized spacial score (nSPS) is 10.8. The minimum absolute atomic E-state index is 0.186. The maximum atomic E-state index is 13.1. The summed E-state index contributed by atoms with van der Waals surface area (Å²) in [6.07, 6.45) is 1.39. The number of amides is 2. The molecule has 0 aliphatic carbocycles. The Morgan fingerprint density at radius 1 is 1.17 bits per heavy atom. The Morgan fingerprint density at radius 2 is 1.87 bits per heavy atom. The molecule has 0 aliphatic heterocycles. The van der Waals surface area contributed by atoms with Crippen LogP contribution in [0.1, 0.15) is 39.7 Å². The molecule has 0 aliphatic rings. The van der Waals surface area contributed by atoms with Crippen LogP contribution < -0.4 is 16.1 Å². The lowest BCUT2D eigenvalue weighted by Gasteiger charge is -2.07. The van der Waals surface area contributed by atoms with E-state index in [1.165, 1.54) is 41.2 Å². The Bertz CT molecular complexity index is 1140. The summed E-state index contributed by atoms with van der Waals surface area (Å²) >= 11 is 1.02. The number of aryl methyl sites for hydroxylation is 1. The molecule has 0 spiro atoms. The van der Waals surface area contributed by atoms with Crippen LogP contribution in [0.15, 0.2) is 41.3 Å². The average molecular weight is 429 g/mol. The van der Waals surface area contributed by atoms with Crippen LogP contribution in [-0.2, 0) is 0 Å². The third-order valence-electron chi connectivity index (χ3n) is 4.01. The summed E-state index contributed by atoms with van der Waals surface area (Å²) in [5.41, 5.74) is 0.0375. The van der Waals surface area contributed by atoms with E-state index in [0.29, 0.717) is 28.7 Å². The number of benzene rings is 1. The van der Waals surface area contributed by atoms with Gasteiger partial charge in [-0.25, -0.2) is 14.1 Å². The predicted octanol–water partition coefficient (Wildman–Crippen LogP) is 2.77. The van der Waals surface area contributed by atoms with Crippen molar-refractivity contribution in [1.29, 1.82) is 0 Å². The zero-order chi connectivity index (χ0) is 21.8. The molecule has 8 nitrogen and oxygen atoms in total. The highest BCUT2D eigenvalue weighted by atomic mass is 32.1. The molecule has 2 N–H and O–H groups in total. The second-order valence-corrected chi connectivity index (χ2v) is 7.94. The zero-order valence-electron chi connectivity index (χ0n) is 16.6. The van der Waals surface area contributed by atoms with Gasteiger partial charge in [0.05, 0.1) is 11.4 Å². The lowest BCUT2D eigenvalue weighted by atomic mass is 10.2. The summed E-state index contributed by atoms with van der Waals surface area (Å²) in [7, 11) is 0. The highest BCUT2D eigenvalue weighted by Gasteiger charge is 2.19. The Kier molecular flexibility index (Phi) is 6.36. The molecule has 30 heavy (non-hydrogen) atoms. The van der Waals surface area contributed by atoms with Crippen LogP contribution in [0.25, 0.3) is 5.69 Å². The van der Waals surface area contributed by atoms with E-state index in [2.05, 4.69) is 20.7 Å². The molecule has 0 atom stereocenters. The standard InChI is InChI=1S/C20H20FN5O3S/c1-11(2)10-22-19(29)17-12(3)23-20(30-17)24-18(28)16-15(27)8-9-26(25-16)14-6-4-13(21)5-7-14/h4-9,11H,10H2,1-3H3,(H,22,29)(H,23,24,28). The number of halogens is 1. The van der Waals surface area contributed by atoms with Gasteiger partial charge in [0, 0.05) is 18.8 Å². The van der Waals surface area contributed by atoms with Gasteiger partial charge >= 0.3 is 0 Å². The van der Waals surface area contributed by atoms with E-state index in [0.717, 1.165) is 11.3 Å². The van der Waals surface area contributed by atoms with E-state index < -0.39 is 17.2 Å². The first-order valence-electron chi connectivity index (χ1n) is 9.17. The molecule has 0 saturated carbocycles. The third kappa shape index (κ3) is 4.95. The largest absolute Gasteiger partial charge is 0.351 e. The number of hydrogen-bond acceptors (Lipinski definition) is 6. The molecule has 0 saturated heterocycles. The molecule has 0 unspecified atom stereocenters. The van der Waals surface area contributed by atoms with Gasteiger partial charge in [0.25, 0.3) is 11.8 Å². The lowest BCUT2D eigenvalue weighted by molar-refractivity contribution is 0.0951. The van der Waals surface area contributed by atoms with Gasteiger partial charge in [0.15, 0.2) is 10.8 Å². The minimum atomic E-state index is -0.751. The van der Waals surface area contributed by atoms with Gasteiger partial charge in [-0.3, -0.25) is 19.7 Å². The topological polar surface area (TPSA) is 106 Å². The average Bonchev–Trinajstić information content (AvgIpc) is 3.07. The quantitative estimate of drug-likeness (QED) is 0.627. The number of nitrogens with one attached hydrogen (secondary N) is 2. The van der Waals surface area contributed by atoms with E-state index in [4.69, 9.17) is 0 Å². The second kappa shape index (κ2) is 8.95. The Hall–Kier alpha value is -3.40. The van der Waals surface area contributed by atoms with Crippen molar-refractivity contribution in [2.24, 2.45) is 5.92 Å². The molecule has 10 heteroatoms. The summed E-state index contributed by atoms with van der Waals surface area (Å²) in [6.45, 7) is 6.15. The maximum absolute atomic E-state index is 13.1. The molecule has 1 aromatic carbocycles.